The lowest BCUT2D eigenvalue weighted by molar-refractivity contribution is -0.274. The number of hydrogen-bond acceptors (Lipinski definition) is 2. The summed E-state index contributed by atoms with van der Waals surface area (Å²) in [6, 6.07) is 6.55. The minimum absolute atomic E-state index is 0.169. The van der Waals surface area contributed by atoms with Gasteiger partial charge >= 0.3 is 6.36 Å². The molecule has 0 aromatic heterocycles. The molecule has 5 heteroatoms. The molecule has 0 atom stereocenters. The fourth-order valence-corrected chi connectivity index (χ4v) is 1.70. The van der Waals surface area contributed by atoms with Gasteiger partial charge in [0.25, 0.3) is 0 Å². The molecule has 1 rings (SSSR count). The third kappa shape index (κ3) is 7.72. The monoisotopic (exact) mass is 275 g/mol. The second-order valence-electron chi connectivity index (χ2n) is 4.76. The molecule has 1 aromatic carbocycles. The lowest BCUT2D eigenvalue weighted by Crippen LogP contribution is -2.23. The maximum absolute atomic E-state index is 12.0. The molecule has 0 aliphatic carbocycles. The highest BCUT2D eigenvalue weighted by atomic mass is 19.4. The zero-order valence-corrected chi connectivity index (χ0v) is 11.3. The molecular formula is C14H20F3NO. The van der Waals surface area contributed by atoms with Gasteiger partial charge in [-0.15, -0.1) is 13.2 Å². The van der Waals surface area contributed by atoms with Gasteiger partial charge in [0.1, 0.15) is 5.75 Å². The molecule has 0 heterocycles. The number of benzene rings is 1. The first-order valence-electron chi connectivity index (χ1n) is 6.45. The summed E-state index contributed by atoms with van der Waals surface area (Å²) in [7, 11) is 0. The molecule has 0 saturated carbocycles. The molecule has 0 bridgehead atoms. The van der Waals surface area contributed by atoms with E-state index < -0.39 is 6.36 Å². The van der Waals surface area contributed by atoms with E-state index in [0.717, 1.165) is 31.4 Å². The van der Waals surface area contributed by atoms with Crippen molar-refractivity contribution in [1.82, 2.24) is 5.32 Å². The van der Waals surface area contributed by atoms with Gasteiger partial charge in [-0.25, -0.2) is 0 Å². The Labute approximate surface area is 112 Å². The van der Waals surface area contributed by atoms with Gasteiger partial charge in [0.2, 0.25) is 0 Å². The van der Waals surface area contributed by atoms with Gasteiger partial charge in [0.15, 0.2) is 0 Å². The van der Waals surface area contributed by atoms with Crippen molar-refractivity contribution in [2.75, 3.05) is 6.54 Å². The van der Waals surface area contributed by atoms with Crippen LogP contribution in [-0.4, -0.2) is 18.9 Å². The van der Waals surface area contributed by atoms with Crippen molar-refractivity contribution < 1.29 is 17.9 Å². The molecule has 0 unspecified atom stereocenters. The summed E-state index contributed by atoms with van der Waals surface area (Å²) >= 11 is 0. The van der Waals surface area contributed by atoms with Crippen LogP contribution >= 0.6 is 0 Å². The van der Waals surface area contributed by atoms with E-state index in [2.05, 4.69) is 23.9 Å². The van der Waals surface area contributed by atoms with Gasteiger partial charge in [-0.1, -0.05) is 26.0 Å². The molecule has 0 fully saturated rings. The highest BCUT2D eigenvalue weighted by Crippen LogP contribution is 2.23. The predicted molar refractivity (Wildman–Crippen MR) is 69.2 cm³/mol. The average molecular weight is 275 g/mol. The third-order valence-corrected chi connectivity index (χ3v) is 2.60. The van der Waals surface area contributed by atoms with Crippen LogP contribution < -0.4 is 10.1 Å². The Bertz CT molecular complexity index is 360. The van der Waals surface area contributed by atoms with E-state index in [0.29, 0.717) is 6.04 Å². The third-order valence-electron chi connectivity index (χ3n) is 2.60. The van der Waals surface area contributed by atoms with E-state index >= 15 is 0 Å². The predicted octanol–water partition coefficient (Wildman–Crippen LogP) is 3.91. The van der Waals surface area contributed by atoms with Crippen molar-refractivity contribution in [3.63, 3.8) is 0 Å². The van der Waals surface area contributed by atoms with Gasteiger partial charge in [-0.2, -0.15) is 0 Å². The van der Waals surface area contributed by atoms with Gasteiger partial charge in [0, 0.05) is 6.04 Å². The van der Waals surface area contributed by atoms with Crippen molar-refractivity contribution >= 4 is 0 Å². The number of rotatable bonds is 7. The summed E-state index contributed by atoms with van der Waals surface area (Å²) in [6.45, 7) is 5.16. The van der Waals surface area contributed by atoms with Crippen LogP contribution in [0.1, 0.15) is 32.3 Å². The van der Waals surface area contributed by atoms with Crippen LogP contribution in [0, 0.1) is 0 Å². The highest BCUT2D eigenvalue weighted by molar-refractivity contribution is 5.27. The van der Waals surface area contributed by atoms with Crippen LogP contribution in [0.3, 0.4) is 0 Å². The lowest BCUT2D eigenvalue weighted by atomic mass is 10.1. The molecule has 0 radical (unpaired) electrons. The van der Waals surface area contributed by atoms with Crippen LogP contribution in [0.5, 0.6) is 5.75 Å². The Hall–Kier alpha value is -1.23. The molecule has 1 N–H and O–H groups in total. The topological polar surface area (TPSA) is 21.3 Å². The molecule has 0 aliphatic heterocycles. The molecule has 108 valence electrons. The van der Waals surface area contributed by atoms with E-state index in [1.54, 1.807) is 12.1 Å². The summed E-state index contributed by atoms with van der Waals surface area (Å²) in [5.41, 5.74) is 1.03. The standard InChI is InChI=1S/C14H20F3NO/c1-11(2)18-10-4-3-5-12-6-8-13(9-7-12)19-14(15,16)17/h6-9,11,18H,3-5,10H2,1-2H3. The molecule has 1 aromatic rings. The average Bonchev–Trinajstić information content (AvgIpc) is 2.28. The smallest absolute Gasteiger partial charge is 0.406 e. The Balaban J connectivity index is 2.28. The number of nitrogens with one attached hydrogen (secondary N) is 1. The molecule has 0 saturated heterocycles. The quantitative estimate of drug-likeness (QED) is 0.762. The summed E-state index contributed by atoms with van der Waals surface area (Å²) in [5.74, 6) is -0.169. The summed E-state index contributed by atoms with van der Waals surface area (Å²) in [6.07, 6.45) is -1.69. The number of hydrogen-bond donors (Lipinski definition) is 1. The molecular weight excluding hydrogens is 255 g/mol. The molecule has 2 nitrogen and oxygen atoms in total. The van der Waals surface area contributed by atoms with Gasteiger partial charge < -0.3 is 10.1 Å². The summed E-state index contributed by atoms with van der Waals surface area (Å²) in [5, 5.41) is 3.32. The number of halogens is 3. The van der Waals surface area contributed by atoms with E-state index in [4.69, 9.17) is 0 Å². The van der Waals surface area contributed by atoms with Crippen LogP contribution in [0.15, 0.2) is 24.3 Å². The van der Waals surface area contributed by atoms with Crippen LogP contribution in [0.25, 0.3) is 0 Å². The van der Waals surface area contributed by atoms with Crippen molar-refractivity contribution in [3.8, 4) is 5.75 Å². The van der Waals surface area contributed by atoms with Crippen molar-refractivity contribution in [2.45, 2.75) is 45.5 Å². The van der Waals surface area contributed by atoms with Crippen molar-refractivity contribution in [3.05, 3.63) is 29.8 Å². The minimum Gasteiger partial charge on any atom is -0.406 e. The Kier molecular flexibility index (Phi) is 6.15. The molecule has 0 aliphatic rings. The fourth-order valence-electron chi connectivity index (χ4n) is 1.70. The first-order valence-corrected chi connectivity index (χ1v) is 6.45. The first kappa shape index (κ1) is 15.8. The van der Waals surface area contributed by atoms with E-state index in [-0.39, 0.29) is 5.75 Å². The van der Waals surface area contributed by atoms with Gasteiger partial charge in [0.05, 0.1) is 0 Å². The number of ether oxygens (including phenoxy) is 1. The zero-order chi connectivity index (χ0) is 14.3. The van der Waals surface area contributed by atoms with Crippen molar-refractivity contribution in [1.29, 1.82) is 0 Å². The number of aryl methyl sites for hydroxylation is 1. The van der Waals surface area contributed by atoms with Crippen LogP contribution in [0.2, 0.25) is 0 Å². The Morgan fingerprint density at radius 3 is 2.26 bits per heavy atom. The van der Waals surface area contributed by atoms with Crippen LogP contribution in [-0.2, 0) is 6.42 Å². The minimum atomic E-state index is -4.62. The lowest BCUT2D eigenvalue weighted by Gasteiger charge is -2.10. The Morgan fingerprint density at radius 1 is 1.11 bits per heavy atom. The molecule has 19 heavy (non-hydrogen) atoms. The van der Waals surface area contributed by atoms with E-state index in [1.807, 2.05) is 0 Å². The number of alkyl halides is 3. The van der Waals surface area contributed by atoms with Gasteiger partial charge in [-0.3, -0.25) is 0 Å². The fraction of sp³-hybridized carbons (Fsp3) is 0.571. The van der Waals surface area contributed by atoms with E-state index in [1.165, 1.54) is 12.1 Å². The molecule has 0 amide bonds. The van der Waals surface area contributed by atoms with Crippen molar-refractivity contribution in [2.24, 2.45) is 0 Å². The zero-order valence-electron chi connectivity index (χ0n) is 11.3. The number of unbranched alkanes of at least 4 members (excludes halogenated alkanes) is 1. The summed E-state index contributed by atoms with van der Waals surface area (Å²) < 4.78 is 39.7. The second-order valence-corrected chi connectivity index (χ2v) is 4.76. The normalized spacial score (nSPS) is 11.9. The van der Waals surface area contributed by atoms with Crippen LogP contribution in [0.4, 0.5) is 13.2 Å². The van der Waals surface area contributed by atoms with E-state index in [9.17, 15) is 13.2 Å². The summed E-state index contributed by atoms with van der Waals surface area (Å²) in [4.78, 5) is 0. The highest BCUT2D eigenvalue weighted by Gasteiger charge is 2.30. The molecule has 0 spiro atoms. The largest absolute Gasteiger partial charge is 0.573 e. The maximum Gasteiger partial charge on any atom is 0.573 e. The first-order chi connectivity index (χ1) is 8.87. The maximum atomic E-state index is 12.0. The SMILES string of the molecule is CC(C)NCCCCc1ccc(OC(F)(F)F)cc1. The Morgan fingerprint density at radius 2 is 1.74 bits per heavy atom. The van der Waals surface area contributed by atoms with Gasteiger partial charge in [-0.05, 0) is 43.5 Å². The second kappa shape index (κ2) is 7.38.